The summed E-state index contributed by atoms with van der Waals surface area (Å²) in [7, 11) is 5.53. The van der Waals surface area contributed by atoms with Crippen molar-refractivity contribution in [3.8, 4) is 0 Å². The second-order valence-electron chi connectivity index (χ2n) is 19.5. The number of allylic oxidation sites excluding steroid dienone is 10. The number of carbonyl (C=O) groups excluding carboxylic acids is 2. The number of quaternary nitrogens is 1. The molecule has 382 valence electrons. The van der Waals surface area contributed by atoms with Gasteiger partial charge in [-0.2, -0.15) is 0 Å². The van der Waals surface area contributed by atoms with Gasteiger partial charge in [-0.05, 0) is 57.8 Å². The molecule has 0 radical (unpaired) electrons. The van der Waals surface area contributed by atoms with Crippen LogP contribution in [0, 0.1) is 0 Å². The van der Waals surface area contributed by atoms with Crippen LogP contribution < -0.4 is 0 Å². The van der Waals surface area contributed by atoms with E-state index in [-0.39, 0.29) is 36.2 Å². The zero-order valence-corrected chi connectivity index (χ0v) is 43.6. The molecule has 0 aromatic rings. The van der Waals surface area contributed by atoms with Gasteiger partial charge in [-0.15, -0.1) is 0 Å². The van der Waals surface area contributed by atoms with Crippen molar-refractivity contribution >= 4 is 17.9 Å². The molecule has 2 atom stereocenters. The maximum absolute atomic E-state index is 12.8. The number of hydrogen-bond donors (Lipinski definition) is 1. The molecule has 1 N–H and O–H groups in total. The van der Waals surface area contributed by atoms with Crippen LogP contribution in [0.25, 0.3) is 0 Å². The first-order chi connectivity index (χ1) is 32.1. The first-order valence-electron chi connectivity index (χ1n) is 27.3. The van der Waals surface area contributed by atoms with Crippen molar-refractivity contribution < 1.29 is 38.2 Å². The van der Waals surface area contributed by atoms with Crippen LogP contribution in [0.15, 0.2) is 60.8 Å². The Kier molecular flexibility index (Phi) is 46.3. The minimum atomic E-state index is -0.878. The van der Waals surface area contributed by atoms with Gasteiger partial charge in [0.2, 0.25) is 0 Å². The van der Waals surface area contributed by atoms with Gasteiger partial charge in [-0.1, -0.05) is 222 Å². The number of hydrogen-bond acceptors (Lipinski definition) is 6. The van der Waals surface area contributed by atoms with Crippen LogP contribution in [-0.4, -0.2) is 80.6 Å². The number of aliphatic carboxylic acids is 1. The van der Waals surface area contributed by atoms with Gasteiger partial charge in [0.25, 0.3) is 0 Å². The summed E-state index contributed by atoms with van der Waals surface area (Å²) in [5.74, 6) is -1.49. The van der Waals surface area contributed by atoms with Crippen LogP contribution in [-0.2, 0) is 28.6 Å². The van der Waals surface area contributed by atoms with Crippen LogP contribution in [0.5, 0.6) is 0 Å². The molecule has 0 saturated carbocycles. The van der Waals surface area contributed by atoms with Gasteiger partial charge in [0.15, 0.2) is 12.1 Å². The molecule has 0 aliphatic carbocycles. The molecule has 0 bridgehead atoms. The quantitative estimate of drug-likeness (QED) is 0.0281. The van der Waals surface area contributed by atoms with Crippen molar-refractivity contribution in [2.75, 3.05) is 41.0 Å². The normalized spacial score (nSPS) is 13.3. The molecule has 8 heteroatoms. The average molecular weight is 927 g/mol. The van der Waals surface area contributed by atoms with Gasteiger partial charge >= 0.3 is 17.9 Å². The maximum Gasteiger partial charge on any atom is 0.362 e. The third-order valence-electron chi connectivity index (χ3n) is 12.2. The molecule has 0 aromatic carbocycles. The SMILES string of the molecule is CC/C=C/C/C=C/C/C=C/C/C=C/C/C=C/CCCCCCC(=O)OC(COCCC(C(=O)O)[N+](C)(C)C)COC(=O)CCCCCCCCCCCCCCCCCCCCCCCC. The lowest BCUT2D eigenvalue weighted by Gasteiger charge is -2.31. The summed E-state index contributed by atoms with van der Waals surface area (Å²) in [5, 5.41) is 9.67. The molecule has 0 aliphatic rings. The summed E-state index contributed by atoms with van der Waals surface area (Å²) in [5.41, 5.74) is 0. The lowest BCUT2D eigenvalue weighted by Crippen LogP contribution is -2.50. The molecule has 0 heterocycles. The van der Waals surface area contributed by atoms with E-state index in [4.69, 9.17) is 14.2 Å². The van der Waals surface area contributed by atoms with Crippen molar-refractivity contribution in [1.82, 2.24) is 0 Å². The minimum Gasteiger partial charge on any atom is -0.477 e. The average Bonchev–Trinajstić information content (AvgIpc) is 3.28. The van der Waals surface area contributed by atoms with Gasteiger partial charge in [0, 0.05) is 19.3 Å². The highest BCUT2D eigenvalue weighted by Crippen LogP contribution is 2.16. The zero-order chi connectivity index (χ0) is 48.4. The summed E-state index contributed by atoms with van der Waals surface area (Å²) >= 11 is 0. The lowest BCUT2D eigenvalue weighted by molar-refractivity contribution is -0.887. The standard InChI is InChI=1S/C58H103NO7/c1-6-8-10-12-14-16-18-20-22-24-26-28-29-31-32-34-36-38-40-42-44-46-48-56(60)65-53-54(52-64-51-50-55(58(62)63)59(3,4)5)66-57(61)49-47-45-43-41-39-37-35-33-30-27-25-23-21-19-17-15-13-11-9-7-2/h9,11,15,17,21,23,27,30,35,37,54-55H,6-8,10,12-14,16,18-20,22,24-26,28-29,31-34,36,38-53H2,1-5H3/p+1/b11-9+,17-15+,23-21+,30-27+,37-35+. The summed E-state index contributed by atoms with van der Waals surface area (Å²) in [6.07, 6.45) is 61.4. The predicted molar refractivity (Wildman–Crippen MR) is 280 cm³/mol. The van der Waals surface area contributed by atoms with E-state index in [2.05, 4.69) is 74.6 Å². The third-order valence-corrected chi connectivity index (χ3v) is 12.2. The highest BCUT2D eigenvalue weighted by Gasteiger charge is 2.31. The molecule has 0 aromatic heterocycles. The number of carboxylic acids is 1. The van der Waals surface area contributed by atoms with Crippen molar-refractivity contribution in [3.63, 3.8) is 0 Å². The molecule has 0 amide bonds. The summed E-state index contributed by atoms with van der Waals surface area (Å²) in [6, 6.07) is -0.622. The Balaban J connectivity index is 4.23. The minimum absolute atomic E-state index is 0.0507. The summed E-state index contributed by atoms with van der Waals surface area (Å²) in [4.78, 5) is 37.2. The van der Waals surface area contributed by atoms with E-state index >= 15 is 0 Å². The van der Waals surface area contributed by atoms with Crippen molar-refractivity contribution in [3.05, 3.63) is 60.8 Å². The van der Waals surface area contributed by atoms with Crippen LogP contribution in [0.3, 0.4) is 0 Å². The van der Waals surface area contributed by atoms with Gasteiger partial charge in [0.05, 0.1) is 34.4 Å². The first-order valence-corrected chi connectivity index (χ1v) is 27.3. The van der Waals surface area contributed by atoms with Gasteiger partial charge < -0.3 is 23.8 Å². The van der Waals surface area contributed by atoms with Gasteiger partial charge in [-0.25, -0.2) is 4.79 Å². The summed E-state index contributed by atoms with van der Waals surface area (Å²) in [6.45, 7) is 4.63. The van der Waals surface area contributed by atoms with Crippen molar-refractivity contribution in [2.45, 2.75) is 251 Å². The van der Waals surface area contributed by atoms with E-state index in [0.717, 1.165) is 83.5 Å². The van der Waals surface area contributed by atoms with Crippen LogP contribution >= 0.6 is 0 Å². The van der Waals surface area contributed by atoms with Crippen LogP contribution in [0.1, 0.15) is 239 Å². The molecular formula is C58H104NO7+. The molecule has 0 fully saturated rings. The molecule has 66 heavy (non-hydrogen) atoms. The second kappa shape index (κ2) is 48.5. The monoisotopic (exact) mass is 927 g/mol. The van der Waals surface area contributed by atoms with Crippen LogP contribution in [0.2, 0.25) is 0 Å². The second-order valence-corrected chi connectivity index (χ2v) is 19.5. The van der Waals surface area contributed by atoms with E-state index in [1.807, 2.05) is 21.1 Å². The predicted octanol–water partition coefficient (Wildman–Crippen LogP) is 16.1. The first kappa shape index (κ1) is 63.0. The molecule has 2 unspecified atom stereocenters. The Morgan fingerprint density at radius 3 is 1.26 bits per heavy atom. The Labute approximate surface area is 407 Å². The van der Waals surface area contributed by atoms with E-state index in [0.29, 0.717) is 19.3 Å². The van der Waals surface area contributed by atoms with E-state index in [9.17, 15) is 19.5 Å². The van der Waals surface area contributed by atoms with E-state index in [1.165, 1.54) is 122 Å². The molecular weight excluding hydrogens is 823 g/mol. The number of esters is 2. The smallest absolute Gasteiger partial charge is 0.362 e. The number of rotatable bonds is 49. The summed E-state index contributed by atoms with van der Waals surface area (Å²) < 4.78 is 17.4. The molecule has 8 nitrogen and oxygen atoms in total. The Hall–Kier alpha value is -2.97. The molecule has 0 aliphatic heterocycles. The largest absolute Gasteiger partial charge is 0.477 e. The molecule has 0 rings (SSSR count). The number of carbonyl (C=O) groups is 3. The fourth-order valence-electron chi connectivity index (χ4n) is 8.00. The van der Waals surface area contributed by atoms with Gasteiger partial charge in [0.1, 0.15) is 6.61 Å². The highest BCUT2D eigenvalue weighted by molar-refractivity contribution is 5.72. The Bertz CT molecular complexity index is 1260. The lowest BCUT2D eigenvalue weighted by atomic mass is 10.0. The number of nitrogens with zero attached hydrogens (tertiary/aromatic N) is 1. The van der Waals surface area contributed by atoms with E-state index in [1.54, 1.807) is 0 Å². The number of ether oxygens (including phenoxy) is 3. The molecule has 0 saturated heterocycles. The third kappa shape index (κ3) is 46.2. The Morgan fingerprint density at radius 1 is 0.470 bits per heavy atom. The fourth-order valence-corrected chi connectivity index (χ4v) is 8.00. The van der Waals surface area contributed by atoms with Crippen molar-refractivity contribution in [2.24, 2.45) is 0 Å². The maximum atomic E-state index is 12.8. The van der Waals surface area contributed by atoms with E-state index < -0.39 is 18.1 Å². The number of unbranched alkanes of at least 4 members (excludes halogenated alkanes) is 25. The zero-order valence-electron chi connectivity index (χ0n) is 43.6. The number of carboxylic acid groups (broad SMARTS) is 1. The van der Waals surface area contributed by atoms with Crippen molar-refractivity contribution in [1.29, 1.82) is 0 Å². The van der Waals surface area contributed by atoms with Crippen LogP contribution in [0.4, 0.5) is 0 Å². The Morgan fingerprint density at radius 2 is 0.848 bits per heavy atom. The topological polar surface area (TPSA) is 99.1 Å². The van der Waals surface area contributed by atoms with Gasteiger partial charge in [-0.3, -0.25) is 9.59 Å². The highest BCUT2D eigenvalue weighted by atomic mass is 16.6. The molecule has 0 spiro atoms. The number of likely N-dealkylation sites (N-methyl/N-ethyl adjacent to an activating group) is 1. The fraction of sp³-hybridized carbons (Fsp3) is 0.776.